The Morgan fingerprint density at radius 1 is 1.29 bits per heavy atom. The van der Waals surface area contributed by atoms with Gasteiger partial charge in [-0.2, -0.15) is 5.26 Å². The average molecular weight is 349 g/mol. The third-order valence-electron chi connectivity index (χ3n) is 3.15. The van der Waals surface area contributed by atoms with Crippen LogP contribution in [0.25, 0.3) is 11.3 Å². The second-order valence-corrected chi connectivity index (χ2v) is 5.21. The Balaban J connectivity index is 2.57. The summed E-state index contributed by atoms with van der Waals surface area (Å²) in [6.45, 7) is 0. The molecule has 122 valence electrons. The molecular formula is C16H10ClFN2O4. The topological polar surface area (TPSA) is 111 Å². The number of nitrogens with zero attached hydrogens (tertiary/aromatic N) is 2. The van der Waals surface area contributed by atoms with Crippen LogP contribution in [0.3, 0.4) is 0 Å². The van der Waals surface area contributed by atoms with Crippen LogP contribution < -0.4 is 0 Å². The maximum absolute atomic E-state index is 13.4. The van der Waals surface area contributed by atoms with Crippen molar-refractivity contribution in [3.8, 4) is 23.1 Å². The van der Waals surface area contributed by atoms with Gasteiger partial charge >= 0.3 is 5.97 Å². The highest BCUT2D eigenvalue weighted by Gasteiger charge is 2.20. The highest BCUT2D eigenvalue weighted by Crippen LogP contribution is 2.32. The Labute approximate surface area is 140 Å². The van der Waals surface area contributed by atoms with Crippen LogP contribution in [0.5, 0.6) is 5.75 Å². The van der Waals surface area contributed by atoms with Gasteiger partial charge in [0.15, 0.2) is 11.5 Å². The van der Waals surface area contributed by atoms with Gasteiger partial charge in [0.2, 0.25) is 0 Å². The molecule has 0 saturated carbocycles. The number of aromatic nitrogens is 1. The number of ketones is 1. The molecule has 0 bridgehead atoms. The molecule has 0 aliphatic carbocycles. The van der Waals surface area contributed by atoms with Crippen LogP contribution >= 0.6 is 11.6 Å². The molecule has 0 saturated heterocycles. The number of aromatic hydroxyl groups is 1. The van der Waals surface area contributed by atoms with Crippen LogP contribution in [0.15, 0.2) is 24.3 Å². The van der Waals surface area contributed by atoms with Gasteiger partial charge in [0, 0.05) is 12.0 Å². The van der Waals surface area contributed by atoms with Gasteiger partial charge < -0.3 is 10.2 Å². The zero-order valence-electron chi connectivity index (χ0n) is 12.1. The number of halogens is 2. The molecular weight excluding hydrogens is 339 g/mol. The van der Waals surface area contributed by atoms with Crippen molar-refractivity contribution in [2.24, 2.45) is 0 Å². The largest absolute Gasteiger partial charge is 0.504 e. The summed E-state index contributed by atoms with van der Waals surface area (Å²) in [5, 5.41) is 27.8. The molecule has 0 aliphatic rings. The first-order valence-corrected chi connectivity index (χ1v) is 7.05. The first-order chi connectivity index (χ1) is 11.3. The Bertz CT molecular complexity index is 877. The van der Waals surface area contributed by atoms with E-state index >= 15 is 0 Å². The van der Waals surface area contributed by atoms with Crippen LogP contribution in [0.4, 0.5) is 4.39 Å². The minimum absolute atomic E-state index is 0.0209. The molecule has 0 aliphatic heterocycles. The van der Waals surface area contributed by atoms with Gasteiger partial charge in [0.1, 0.15) is 17.6 Å². The normalized spacial score (nSPS) is 10.2. The van der Waals surface area contributed by atoms with Gasteiger partial charge in [-0.05, 0) is 24.3 Å². The third kappa shape index (κ3) is 3.67. The van der Waals surface area contributed by atoms with Crippen molar-refractivity contribution in [2.45, 2.75) is 12.8 Å². The second-order valence-electron chi connectivity index (χ2n) is 4.81. The van der Waals surface area contributed by atoms with Gasteiger partial charge in [0.05, 0.1) is 22.7 Å². The molecule has 2 aromatic rings. The summed E-state index contributed by atoms with van der Waals surface area (Å²) in [5.41, 5.74) is -0.544. The van der Waals surface area contributed by atoms with E-state index < -0.39 is 41.9 Å². The molecule has 0 fully saturated rings. The fourth-order valence-corrected chi connectivity index (χ4v) is 2.20. The summed E-state index contributed by atoms with van der Waals surface area (Å²) in [4.78, 5) is 26.6. The number of Topliss-reactive ketones (excluding diaryl/α,β-unsaturated/α-hetero) is 1. The van der Waals surface area contributed by atoms with Crippen LogP contribution in [0.2, 0.25) is 5.02 Å². The van der Waals surface area contributed by atoms with E-state index in [2.05, 4.69) is 4.98 Å². The SMILES string of the molecule is N#Cc1cc(-c2cc(F)ccc2Cl)nc(C(=O)CCC(=O)O)c1O. The van der Waals surface area contributed by atoms with Crippen molar-refractivity contribution in [2.75, 3.05) is 0 Å². The predicted molar refractivity (Wildman–Crippen MR) is 82.2 cm³/mol. The Morgan fingerprint density at radius 2 is 2.00 bits per heavy atom. The summed E-state index contributed by atoms with van der Waals surface area (Å²) in [6, 6.07) is 6.38. The maximum Gasteiger partial charge on any atom is 0.303 e. The Kier molecular flexibility index (Phi) is 5.11. The zero-order chi connectivity index (χ0) is 17.9. The molecule has 2 rings (SSSR count). The number of rotatable bonds is 5. The molecule has 24 heavy (non-hydrogen) atoms. The van der Waals surface area contributed by atoms with E-state index in [0.717, 1.165) is 12.1 Å². The quantitative estimate of drug-likeness (QED) is 0.803. The van der Waals surface area contributed by atoms with Crippen molar-refractivity contribution in [3.05, 3.63) is 46.4 Å². The Hall–Kier alpha value is -2.98. The lowest BCUT2D eigenvalue weighted by Gasteiger charge is -2.09. The summed E-state index contributed by atoms with van der Waals surface area (Å²) in [5.74, 6) is -3.18. The van der Waals surface area contributed by atoms with Crippen LogP contribution in [0.1, 0.15) is 28.9 Å². The number of benzene rings is 1. The fourth-order valence-electron chi connectivity index (χ4n) is 1.99. The third-order valence-corrected chi connectivity index (χ3v) is 3.48. The van der Waals surface area contributed by atoms with Gasteiger partial charge in [-0.1, -0.05) is 11.6 Å². The van der Waals surface area contributed by atoms with E-state index in [4.69, 9.17) is 22.0 Å². The molecule has 1 aromatic carbocycles. The number of aliphatic carboxylic acids is 1. The van der Waals surface area contributed by atoms with Crippen molar-refractivity contribution >= 4 is 23.4 Å². The number of hydrogen-bond acceptors (Lipinski definition) is 5. The average Bonchev–Trinajstić information content (AvgIpc) is 2.55. The Morgan fingerprint density at radius 3 is 2.62 bits per heavy atom. The smallest absolute Gasteiger partial charge is 0.303 e. The molecule has 6 nitrogen and oxygen atoms in total. The lowest BCUT2D eigenvalue weighted by Crippen LogP contribution is -2.08. The minimum atomic E-state index is -1.19. The molecule has 0 radical (unpaired) electrons. The fraction of sp³-hybridized carbons (Fsp3) is 0.125. The van der Waals surface area contributed by atoms with E-state index in [1.54, 1.807) is 6.07 Å². The first kappa shape index (κ1) is 17.4. The van der Waals surface area contributed by atoms with Crippen LogP contribution in [-0.2, 0) is 4.79 Å². The van der Waals surface area contributed by atoms with Gasteiger partial charge in [-0.15, -0.1) is 0 Å². The van der Waals surface area contributed by atoms with Crippen LogP contribution in [0, 0.1) is 17.1 Å². The summed E-state index contributed by atoms with van der Waals surface area (Å²) >= 11 is 5.99. The number of carbonyl (C=O) groups is 2. The lowest BCUT2D eigenvalue weighted by atomic mass is 10.0. The van der Waals surface area contributed by atoms with Crippen molar-refractivity contribution in [3.63, 3.8) is 0 Å². The van der Waals surface area contributed by atoms with E-state index in [1.165, 1.54) is 12.1 Å². The molecule has 0 spiro atoms. The molecule has 0 amide bonds. The van der Waals surface area contributed by atoms with E-state index in [9.17, 15) is 19.1 Å². The lowest BCUT2D eigenvalue weighted by molar-refractivity contribution is -0.136. The predicted octanol–water partition coefficient (Wildman–Crippen LogP) is 3.17. The number of nitriles is 1. The second kappa shape index (κ2) is 7.06. The summed E-state index contributed by atoms with van der Waals surface area (Å²) in [6.07, 6.45) is -0.853. The number of carboxylic acid groups (broad SMARTS) is 1. The molecule has 1 aromatic heterocycles. The van der Waals surface area contributed by atoms with E-state index in [-0.39, 0.29) is 21.8 Å². The molecule has 1 heterocycles. The van der Waals surface area contributed by atoms with Crippen molar-refractivity contribution in [1.82, 2.24) is 4.98 Å². The molecule has 2 N–H and O–H groups in total. The zero-order valence-corrected chi connectivity index (χ0v) is 12.8. The molecule has 8 heteroatoms. The molecule has 0 unspecified atom stereocenters. The van der Waals surface area contributed by atoms with Gasteiger partial charge in [-0.3, -0.25) is 9.59 Å². The standard InChI is InChI=1S/C16H10ClFN2O4/c17-11-2-1-9(18)6-10(11)12-5-8(7-19)16(24)15(20-12)13(21)3-4-14(22)23/h1-2,5-6,24H,3-4H2,(H,22,23). The summed E-state index contributed by atoms with van der Waals surface area (Å²) < 4.78 is 13.4. The van der Waals surface area contributed by atoms with Crippen LogP contribution in [-0.4, -0.2) is 26.9 Å². The number of carbonyl (C=O) groups excluding carboxylic acids is 1. The monoisotopic (exact) mass is 348 g/mol. The number of pyridine rings is 1. The molecule has 0 atom stereocenters. The first-order valence-electron chi connectivity index (χ1n) is 6.68. The maximum atomic E-state index is 13.4. The van der Waals surface area contributed by atoms with Gasteiger partial charge in [-0.25, -0.2) is 9.37 Å². The highest BCUT2D eigenvalue weighted by atomic mass is 35.5. The number of hydrogen-bond donors (Lipinski definition) is 2. The minimum Gasteiger partial charge on any atom is -0.504 e. The van der Waals surface area contributed by atoms with Gasteiger partial charge in [0.25, 0.3) is 0 Å². The van der Waals surface area contributed by atoms with Crippen molar-refractivity contribution < 1.29 is 24.2 Å². The highest BCUT2D eigenvalue weighted by molar-refractivity contribution is 6.33. The van der Waals surface area contributed by atoms with E-state index in [0.29, 0.717) is 0 Å². The van der Waals surface area contributed by atoms with E-state index in [1.807, 2.05) is 0 Å². The summed E-state index contributed by atoms with van der Waals surface area (Å²) in [7, 11) is 0. The number of carboxylic acids is 1. The van der Waals surface area contributed by atoms with Crippen molar-refractivity contribution in [1.29, 1.82) is 5.26 Å².